The Bertz CT molecular complexity index is 1480. The SMILES string of the molecule is Cc1ccc2c(c1)CC(C=CC=C1Cc3cc(S(=O)(=O)[O-])ccc3N1CCCCCC(=O)NCCCCCC[NH3+])=[N+]2C. The topological polar surface area (TPSA) is 120 Å². The van der Waals surface area contributed by atoms with Crippen molar-refractivity contribution in [1.82, 2.24) is 5.32 Å². The van der Waals surface area contributed by atoms with Crippen LogP contribution in [0, 0.1) is 6.92 Å². The Morgan fingerprint density at radius 2 is 1.81 bits per heavy atom. The molecule has 1 amide bonds. The van der Waals surface area contributed by atoms with Gasteiger partial charge in [0, 0.05) is 55.0 Å². The number of allylic oxidation sites excluding steroid dienone is 4. The quantitative estimate of drug-likeness (QED) is 0.183. The summed E-state index contributed by atoms with van der Waals surface area (Å²) in [4.78, 5) is 14.2. The van der Waals surface area contributed by atoms with Crippen LogP contribution in [0.2, 0.25) is 0 Å². The Kier molecular flexibility index (Phi) is 11.1. The molecule has 0 aromatic heterocycles. The van der Waals surface area contributed by atoms with Crippen molar-refractivity contribution in [3.8, 4) is 0 Å². The third-order valence-corrected chi connectivity index (χ3v) is 8.94. The number of nitrogens with zero attached hydrogens (tertiary/aromatic N) is 2. The molecule has 42 heavy (non-hydrogen) atoms. The zero-order valence-corrected chi connectivity index (χ0v) is 25.8. The molecule has 8 nitrogen and oxygen atoms in total. The molecule has 0 radical (unpaired) electrons. The molecule has 0 saturated carbocycles. The van der Waals surface area contributed by atoms with E-state index in [0.717, 1.165) is 81.5 Å². The minimum absolute atomic E-state index is 0.113. The van der Waals surface area contributed by atoms with E-state index in [-0.39, 0.29) is 10.8 Å². The Hall–Kier alpha value is -3.27. The van der Waals surface area contributed by atoms with Crippen LogP contribution in [0.3, 0.4) is 0 Å². The summed E-state index contributed by atoms with van der Waals surface area (Å²) in [5, 5.41) is 3.03. The fourth-order valence-corrected chi connectivity index (χ4v) is 6.30. The number of unbranched alkanes of at least 4 members (excludes halogenated alkanes) is 5. The second-order valence-corrected chi connectivity index (χ2v) is 12.8. The van der Waals surface area contributed by atoms with E-state index >= 15 is 0 Å². The van der Waals surface area contributed by atoms with Crippen molar-refractivity contribution in [3.63, 3.8) is 0 Å². The number of anilines is 1. The second kappa shape index (κ2) is 14.8. The molecule has 2 aromatic rings. The first kappa shape index (κ1) is 31.7. The van der Waals surface area contributed by atoms with Crippen molar-refractivity contribution < 1.29 is 28.1 Å². The van der Waals surface area contributed by atoms with Gasteiger partial charge in [0.1, 0.15) is 17.2 Å². The van der Waals surface area contributed by atoms with E-state index in [4.69, 9.17) is 0 Å². The first-order valence-electron chi connectivity index (χ1n) is 15.2. The number of quaternary nitrogens is 1. The predicted octanol–water partition coefficient (Wildman–Crippen LogP) is 4.15. The van der Waals surface area contributed by atoms with Gasteiger partial charge in [-0.05, 0) is 74.9 Å². The number of rotatable bonds is 15. The lowest BCUT2D eigenvalue weighted by atomic mass is 10.1. The summed E-state index contributed by atoms with van der Waals surface area (Å²) >= 11 is 0. The van der Waals surface area contributed by atoms with Crippen LogP contribution < -0.4 is 16.0 Å². The van der Waals surface area contributed by atoms with Gasteiger partial charge in [-0.3, -0.25) is 4.79 Å². The van der Waals surface area contributed by atoms with Crippen LogP contribution in [0.25, 0.3) is 0 Å². The third kappa shape index (κ3) is 8.40. The number of hydrogen-bond acceptors (Lipinski definition) is 5. The van der Waals surface area contributed by atoms with Gasteiger partial charge in [-0.2, -0.15) is 4.58 Å². The van der Waals surface area contributed by atoms with E-state index in [9.17, 15) is 17.8 Å². The van der Waals surface area contributed by atoms with Crippen LogP contribution in [0.1, 0.15) is 68.1 Å². The predicted molar refractivity (Wildman–Crippen MR) is 166 cm³/mol. The molecule has 0 unspecified atom stereocenters. The first-order chi connectivity index (χ1) is 20.2. The minimum atomic E-state index is -4.52. The lowest BCUT2D eigenvalue weighted by Gasteiger charge is -2.22. The van der Waals surface area contributed by atoms with Gasteiger partial charge in [-0.25, -0.2) is 8.42 Å². The number of carbonyl (C=O) groups is 1. The molecule has 2 aromatic carbocycles. The zero-order chi connectivity index (χ0) is 30.1. The van der Waals surface area contributed by atoms with Gasteiger partial charge in [-0.1, -0.05) is 30.5 Å². The maximum Gasteiger partial charge on any atom is 0.219 e. The molecule has 0 bridgehead atoms. The standard InChI is InChI=1S/C33H44N4O4S/c1-25-14-16-31-26(21-25)22-28(36(31)2)11-10-12-29-23-27-24-30(42(39,40)41)15-17-32(27)37(29)20-9-5-6-13-33(38)35-19-8-4-3-7-18-34/h10-12,14-17,21,24H,3-9,13,18-20,22-23,34H2,1-2H3,(H-,35,38,39,40,41)/p+1. The number of carbonyl (C=O) groups excluding carboxylic acids is 1. The van der Waals surface area contributed by atoms with E-state index in [0.29, 0.717) is 12.8 Å². The van der Waals surface area contributed by atoms with Crippen molar-refractivity contribution in [2.45, 2.75) is 76.0 Å². The van der Waals surface area contributed by atoms with Crippen LogP contribution >= 0.6 is 0 Å². The van der Waals surface area contributed by atoms with Gasteiger partial charge in [0.05, 0.1) is 17.9 Å². The van der Waals surface area contributed by atoms with Gasteiger partial charge < -0.3 is 20.5 Å². The van der Waals surface area contributed by atoms with E-state index in [1.54, 1.807) is 6.07 Å². The van der Waals surface area contributed by atoms with E-state index in [1.807, 2.05) is 0 Å². The summed E-state index contributed by atoms with van der Waals surface area (Å²) in [6.07, 6.45) is 15.4. The van der Waals surface area contributed by atoms with E-state index < -0.39 is 10.1 Å². The highest BCUT2D eigenvalue weighted by molar-refractivity contribution is 7.85. The molecule has 0 saturated heterocycles. The van der Waals surface area contributed by atoms with Gasteiger partial charge in [0.2, 0.25) is 11.6 Å². The van der Waals surface area contributed by atoms with Crippen molar-refractivity contribution in [2.24, 2.45) is 0 Å². The van der Waals surface area contributed by atoms with Crippen molar-refractivity contribution in [2.75, 3.05) is 31.6 Å². The first-order valence-corrected chi connectivity index (χ1v) is 16.6. The molecule has 226 valence electrons. The molecule has 2 heterocycles. The molecule has 2 aliphatic rings. The highest BCUT2D eigenvalue weighted by Crippen LogP contribution is 2.36. The fraction of sp³-hybridized carbons (Fsp3) is 0.455. The Morgan fingerprint density at radius 3 is 2.60 bits per heavy atom. The number of benzene rings is 2. The number of aryl methyl sites for hydroxylation is 1. The normalized spacial score (nSPS) is 15.6. The van der Waals surface area contributed by atoms with E-state index in [2.05, 4.69) is 70.9 Å². The fourth-order valence-electron chi connectivity index (χ4n) is 5.78. The lowest BCUT2D eigenvalue weighted by Crippen LogP contribution is -2.50. The monoisotopic (exact) mass is 593 g/mol. The zero-order valence-electron chi connectivity index (χ0n) is 25.0. The summed E-state index contributed by atoms with van der Waals surface area (Å²) in [6, 6.07) is 11.2. The highest BCUT2D eigenvalue weighted by Gasteiger charge is 2.26. The maximum atomic E-state index is 12.2. The van der Waals surface area contributed by atoms with Crippen molar-refractivity contribution in [1.29, 1.82) is 0 Å². The number of hydrogen-bond donors (Lipinski definition) is 2. The molecule has 0 fully saturated rings. The van der Waals surface area contributed by atoms with Gasteiger partial charge >= 0.3 is 0 Å². The summed E-state index contributed by atoms with van der Waals surface area (Å²) in [5.74, 6) is 0.113. The molecular weight excluding hydrogens is 548 g/mol. The Morgan fingerprint density at radius 1 is 1.02 bits per heavy atom. The average Bonchev–Trinajstić information content (AvgIpc) is 3.45. The van der Waals surface area contributed by atoms with Gasteiger partial charge in [0.25, 0.3) is 0 Å². The summed E-state index contributed by atoms with van der Waals surface area (Å²) in [6.45, 7) is 4.58. The van der Waals surface area contributed by atoms with E-state index in [1.165, 1.54) is 41.1 Å². The summed E-state index contributed by atoms with van der Waals surface area (Å²) in [5.41, 5.74) is 11.7. The Balaban J connectivity index is 1.36. The third-order valence-electron chi connectivity index (χ3n) is 8.11. The van der Waals surface area contributed by atoms with Crippen molar-refractivity contribution in [3.05, 3.63) is 77.0 Å². The van der Waals surface area contributed by atoms with Crippen LogP contribution in [0.15, 0.2) is 65.2 Å². The Labute approximate surface area is 250 Å². The maximum absolute atomic E-state index is 12.2. The number of fused-ring (bicyclic) bond motifs is 2. The molecule has 9 heteroatoms. The molecule has 4 N–H and O–H groups in total. The summed E-state index contributed by atoms with van der Waals surface area (Å²) < 4.78 is 37.2. The van der Waals surface area contributed by atoms with Crippen LogP contribution in [0.4, 0.5) is 11.4 Å². The van der Waals surface area contributed by atoms with Gasteiger partial charge in [0.15, 0.2) is 5.71 Å². The molecule has 4 rings (SSSR count). The molecule has 0 spiro atoms. The van der Waals surface area contributed by atoms with Crippen molar-refractivity contribution >= 4 is 33.1 Å². The minimum Gasteiger partial charge on any atom is -0.744 e. The van der Waals surface area contributed by atoms with Gasteiger partial charge in [-0.15, -0.1) is 0 Å². The molecule has 0 aliphatic carbocycles. The number of nitrogens with one attached hydrogen (secondary N) is 1. The molecule has 2 aliphatic heterocycles. The second-order valence-electron chi connectivity index (χ2n) is 11.4. The molecule has 0 atom stereocenters. The smallest absolute Gasteiger partial charge is 0.219 e. The van der Waals surface area contributed by atoms with Crippen LogP contribution in [-0.2, 0) is 27.8 Å². The average molecular weight is 594 g/mol. The summed E-state index contributed by atoms with van der Waals surface area (Å²) in [7, 11) is -2.43. The van der Waals surface area contributed by atoms with Crippen LogP contribution in [0.5, 0.6) is 0 Å². The molecular formula is C33H45N4O4S+. The lowest BCUT2D eigenvalue weighted by molar-refractivity contribution is -0.400. The van der Waals surface area contributed by atoms with Crippen LogP contribution in [-0.4, -0.2) is 55.8 Å². The number of amides is 1. The largest absolute Gasteiger partial charge is 0.744 e. The highest BCUT2D eigenvalue weighted by atomic mass is 32.2.